The standard InChI is InChI=1S/C28H34N4O7/c1-6-7-32-10-14-15(11-32)22(33)18-13(20(14)30(2)3)8-12-9-16-21(31(4)5)24(35)19(27(29)38)26(37)28(16,39)25(36)17(12)23(18)34/h6,12,16-17,19,21,33,39H,1,7-11H2,2-5H3,(H2,29,38)/t12-,16-,17?,19?,21-,28-/m0/s1. The molecule has 11 nitrogen and oxygen atoms in total. The van der Waals surface area contributed by atoms with E-state index in [1.54, 1.807) is 20.2 Å². The van der Waals surface area contributed by atoms with E-state index in [-0.39, 0.29) is 24.2 Å². The lowest BCUT2D eigenvalue weighted by atomic mass is 9.52. The molecule has 39 heavy (non-hydrogen) atoms. The van der Waals surface area contributed by atoms with Gasteiger partial charge in [0.05, 0.1) is 17.5 Å². The Hall–Kier alpha value is -3.41. The van der Waals surface area contributed by atoms with Crippen LogP contribution in [-0.4, -0.2) is 95.4 Å². The van der Waals surface area contributed by atoms with Crippen LogP contribution in [0.1, 0.15) is 33.5 Å². The lowest BCUT2D eigenvalue weighted by Crippen LogP contribution is -2.74. The Labute approximate surface area is 226 Å². The molecular weight excluding hydrogens is 504 g/mol. The summed E-state index contributed by atoms with van der Waals surface area (Å²) in [6.45, 7) is 5.32. The first-order valence-corrected chi connectivity index (χ1v) is 13.0. The van der Waals surface area contributed by atoms with Crippen LogP contribution in [0.25, 0.3) is 0 Å². The zero-order chi connectivity index (χ0) is 28.7. The number of Topliss-reactive ketones (excluding diaryl/α,β-unsaturated/α-hetero) is 4. The fourth-order valence-electron chi connectivity index (χ4n) is 7.52. The number of hydrogen-bond acceptors (Lipinski definition) is 10. The monoisotopic (exact) mass is 538 g/mol. The first-order valence-electron chi connectivity index (χ1n) is 13.0. The maximum absolute atomic E-state index is 14.1. The summed E-state index contributed by atoms with van der Waals surface area (Å²) in [5.74, 6) is -10.3. The second-order valence-corrected chi connectivity index (χ2v) is 11.7. The predicted molar refractivity (Wildman–Crippen MR) is 140 cm³/mol. The van der Waals surface area contributed by atoms with E-state index in [0.29, 0.717) is 30.8 Å². The first-order chi connectivity index (χ1) is 18.3. The molecule has 0 aromatic heterocycles. The molecule has 6 atom stereocenters. The summed E-state index contributed by atoms with van der Waals surface area (Å²) >= 11 is 0. The molecule has 2 fully saturated rings. The summed E-state index contributed by atoms with van der Waals surface area (Å²) in [6.07, 6.45) is 2.02. The molecule has 11 heteroatoms. The number of aromatic hydroxyl groups is 1. The quantitative estimate of drug-likeness (QED) is 0.327. The number of phenolic OH excluding ortho intramolecular Hbond substituents is 1. The van der Waals surface area contributed by atoms with Crippen molar-refractivity contribution in [3.63, 3.8) is 0 Å². The Morgan fingerprint density at radius 2 is 1.74 bits per heavy atom. The number of aliphatic hydroxyl groups is 1. The third-order valence-electron chi connectivity index (χ3n) is 9.01. The zero-order valence-electron chi connectivity index (χ0n) is 22.6. The fraction of sp³-hybridized carbons (Fsp3) is 0.536. The molecule has 0 radical (unpaired) electrons. The highest BCUT2D eigenvalue weighted by Crippen LogP contribution is 2.53. The minimum Gasteiger partial charge on any atom is -0.507 e. The summed E-state index contributed by atoms with van der Waals surface area (Å²) in [5, 5.41) is 23.1. The Balaban J connectivity index is 1.67. The topological polar surface area (TPSA) is 162 Å². The van der Waals surface area contributed by atoms with Gasteiger partial charge in [0, 0.05) is 50.9 Å². The van der Waals surface area contributed by atoms with Crippen LogP contribution >= 0.6 is 0 Å². The van der Waals surface area contributed by atoms with Crippen molar-refractivity contribution in [2.45, 2.75) is 37.6 Å². The van der Waals surface area contributed by atoms with Crippen molar-refractivity contribution < 1.29 is 34.2 Å². The number of fused-ring (bicyclic) bond motifs is 4. The number of nitrogens with zero attached hydrogens (tertiary/aromatic N) is 3. The molecule has 208 valence electrons. The molecule has 2 unspecified atom stereocenters. The first kappa shape index (κ1) is 27.2. The van der Waals surface area contributed by atoms with Gasteiger partial charge in [-0.25, -0.2) is 0 Å². The van der Waals surface area contributed by atoms with E-state index in [1.807, 2.05) is 19.0 Å². The Bertz CT molecular complexity index is 1350. The number of carbonyl (C=O) groups is 5. The molecule has 2 saturated carbocycles. The minimum atomic E-state index is -2.73. The number of hydrogen-bond donors (Lipinski definition) is 3. The summed E-state index contributed by atoms with van der Waals surface area (Å²) in [4.78, 5) is 72.3. The van der Waals surface area contributed by atoms with E-state index in [4.69, 9.17) is 5.73 Å². The molecule has 4 N–H and O–H groups in total. The molecule has 4 aliphatic rings. The number of phenols is 1. The smallest absolute Gasteiger partial charge is 0.235 e. The molecule has 1 aromatic rings. The van der Waals surface area contributed by atoms with E-state index < -0.39 is 64.4 Å². The normalized spacial score (nSPS) is 32.0. The molecule has 0 spiro atoms. The van der Waals surface area contributed by atoms with E-state index in [2.05, 4.69) is 11.5 Å². The third-order valence-corrected chi connectivity index (χ3v) is 9.01. The average Bonchev–Trinajstić information content (AvgIpc) is 3.24. The van der Waals surface area contributed by atoms with Crippen LogP contribution in [0.4, 0.5) is 5.69 Å². The number of nitrogens with two attached hydrogens (primary N) is 1. The molecule has 1 amide bonds. The maximum atomic E-state index is 14.1. The number of anilines is 1. The van der Waals surface area contributed by atoms with E-state index in [1.165, 1.54) is 4.90 Å². The van der Waals surface area contributed by atoms with Gasteiger partial charge in [-0.05, 0) is 44.0 Å². The lowest BCUT2D eigenvalue weighted by Gasteiger charge is -2.52. The fourth-order valence-corrected chi connectivity index (χ4v) is 7.52. The summed E-state index contributed by atoms with van der Waals surface area (Å²) < 4.78 is 0. The Morgan fingerprint density at radius 1 is 1.10 bits per heavy atom. The van der Waals surface area contributed by atoms with Gasteiger partial charge in [0.2, 0.25) is 5.91 Å². The van der Waals surface area contributed by atoms with Crippen LogP contribution in [-0.2, 0) is 38.7 Å². The SMILES string of the molecule is C=CCN1Cc2c(O)c3c(c(N(C)C)c2C1)C[C@H]1C[C@H]2[C@H](N(C)C)C(=O)C(C(N)=O)C(=O)[C@@]2(O)C(=O)C1C3=O. The molecule has 1 aliphatic heterocycles. The van der Waals surface area contributed by atoms with Gasteiger partial charge in [-0.1, -0.05) is 6.08 Å². The number of ketones is 4. The Kier molecular flexibility index (Phi) is 6.32. The van der Waals surface area contributed by atoms with Gasteiger partial charge in [0.15, 0.2) is 34.7 Å². The van der Waals surface area contributed by atoms with Gasteiger partial charge in [0.1, 0.15) is 5.75 Å². The second kappa shape index (κ2) is 9.07. The molecule has 5 rings (SSSR count). The van der Waals surface area contributed by atoms with E-state index in [9.17, 15) is 34.2 Å². The molecule has 3 aliphatic carbocycles. The minimum absolute atomic E-state index is 0.0250. The van der Waals surface area contributed by atoms with Crippen molar-refractivity contribution >= 4 is 34.7 Å². The average molecular weight is 539 g/mol. The summed E-state index contributed by atoms with van der Waals surface area (Å²) in [6, 6.07) is -1.12. The molecule has 0 bridgehead atoms. The van der Waals surface area contributed by atoms with Crippen LogP contribution in [0.15, 0.2) is 12.7 Å². The molecular formula is C28H34N4O7. The highest BCUT2D eigenvalue weighted by atomic mass is 16.3. The van der Waals surface area contributed by atoms with Crippen LogP contribution in [0.3, 0.4) is 0 Å². The lowest BCUT2D eigenvalue weighted by molar-refractivity contribution is -0.181. The van der Waals surface area contributed by atoms with Gasteiger partial charge in [-0.2, -0.15) is 0 Å². The number of carbonyl (C=O) groups excluding carboxylic acids is 5. The van der Waals surface area contributed by atoms with Crippen LogP contribution in [0.2, 0.25) is 0 Å². The number of likely N-dealkylation sites (N-methyl/N-ethyl adjacent to an activating group) is 1. The maximum Gasteiger partial charge on any atom is 0.235 e. The van der Waals surface area contributed by atoms with Gasteiger partial charge in [-0.3, -0.25) is 33.8 Å². The summed E-state index contributed by atoms with van der Waals surface area (Å²) in [7, 11) is 6.84. The number of rotatable bonds is 5. The van der Waals surface area contributed by atoms with Gasteiger partial charge >= 0.3 is 0 Å². The van der Waals surface area contributed by atoms with Gasteiger partial charge in [-0.15, -0.1) is 6.58 Å². The highest BCUT2D eigenvalue weighted by molar-refractivity contribution is 6.32. The number of primary amides is 1. The number of benzene rings is 1. The van der Waals surface area contributed by atoms with Crippen molar-refractivity contribution in [3.05, 3.63) is 34.9 Å². The second-order valence-electron chi connectivity index (χ2n) is 11.7. The van der Waals surface area contributed by atoms with E-state index in [0.717, 1.165) is 11.3 Å². The Morgan fingerprint density at radius 3 is 2.31 bits per heavy atom. The van der Waals surface area contributed by atoms with Crippen molar-refractivity contribution in [1.29, 1.82) is 0 Å². The van der Waals surface area contributed by atoms with Crippen LogP contribution in [0, 0.1) is 23.7 Å². The van der Waals surface area contributed by atoms with Crippen LogP contribution < -0.4 is 10.6 Å². The molecule has 0 saturated heterocycles. The highest BCUT2D eigenvalue weighted by Gasteiger charge is 2.69. The third kappa shape index (κ3) is 3.56. The van der Waals surface area contributed by atoms with Gasteiger partial charge < -0.3 is 20.8 Å². The zero-order valence-corrected chi connectivity index (χ0v) is 22.6. The van der Waals surface area contributed by atoms with Gasteiger partial charge in [0.25, 0.3) is 0 Å². The van der Waals surface area contributed by atoms with E-state index >= 15 is 0 Å². The summed E-state index contributed by atoms with van der Waals surface area (Å²) in [5.41, 5.74) is 5.60. The van der Waals surface area contributed by atoms with Crippen molar-refractivity contribution in [1.82, 2.24) is 9.80 Å². The molecule has 1 aromatic carbocycles. The van der Waals surface area contributed by atoms with Crippen molar-refractivity contribution in [2.75, 3.05) is 39.6 Å². The van der Waals surface area contributed by atoms with Crippen molar-refractivity contribution in [2.24, 2.45) is 29.4 Å². The van der Waals surface area contributed by atoms with Crippen molar-refractivity contribution in [3.8, 4) is 5.75 Å². The number of amides is 1. The predicted octanol–water partition coefficient (Wildman–Crippen LogP) is -0.565. The molecule has 1 heterocycles. The van der Waals surface area contributed by atoms with Crippen LogP contribution in [0.5, 0.6) is 5.75 Å². The largest absolute Gasteiger partial charge is 0.507 e.